The largest absolute Gasteiger partial charge is 0.490 e. The number of likely N-dealkylation sites (tertiary alicyclic amines) is 1. The van der Waals surface area contributed by atoms with Gasteiger partial charge in [0.1, 0.15) is 5.75 Å². The Morgan fingerprint density at radius 2 is 1.76 bits per heavy atom. The van der Waals surface area contributed by atoms with Gasteiger partial charge in [0.05, 0.1) is 12.0 Å². The number of benzene rings is 2. The minimum Gasteiger partial charge on any atom is -0.490 e. The highest BCUT2D eigenvalue weighted by Crippen LogP contribution is 2.40. The van der Waals surface area contributed by atoms with Crippen LogP contribution in [0.2, 0.25) is 0 Å². The van der Waals surface area contributed by atoms with E-state index >= 15 is 0 Å². The van der Waals surface area contributed by atoms with E-state index in [1.807, 2.05) is 0 Å². The van der Waals surface area contributed by atoms with E-state index in [0.29, 0.717) is 17.6 Å². The van der Waals surface area contributed by atoms with Gasteiger partial charge in [-0.3, -0.25) is 9.69 Å². The van der Waals surface area contributed by atoms with Gasteiger partial charge in [-0.1, -0.05) is 52.0 Å². The molecule has 1 aliphatic carbocycles. The van der Waals surface area contributed by atoms with Crippen molar-refractivity contribution in [2.45, 2.75) is 84.8 Å². The maximum absolute atomic E-state index is 11.3. The number of hydrogen-bond acceptors (Lipinski definition) is 3. The standard InChI is InChI=1S/C29H41NO3/c1-5-26(30-17-15-20(16-18-30)28(31)32)22-9-14-25-21(19-22)7-6-8-27(25)33-24-12-10-23(11-13-24)29(2,3)4/h6-9,14,19-20,23-24,26H,5,10-13,15-18H2,1-4H3,(H,31,32). The van der Waals surface area contributed by atoms with Gasteiger partial charge in [-0.25, -0.2) is 0 Å². The fourth-order valence-electron chi connectivity index (χ4n) is 5.97. The van der Waals surface area contributed by atoms with Gasteiger partial charge in [-0.2, -0.15) is 0 Å². The van der Waals surface area contributed by atoms with Gasteiger partial charge in [-0.15, -0.1) is 0 Å². The normalized spacial score (nSPS) is 24.0. The lowest BCUT2D eigenvalue weighted by Gasteiger charge is -2.37. The third-order valence-corrected chi connectivity index (χ3v) is 8.15. The second kappa shape index (κ2) is 10.0. The molecule has 2 fully saturated rings. The van der Waals surface area contributed by atoms with Crippen LogP contribution in [0.4, 0.5) is 0 Å². The minimum atomic E-state index is -0.646. The number of aliphatic carboxylic acids is 1. The Morgan fingerprint density at radius 1 is 1.06 bits per heavy atom. The Labute approximate surface area is 199 Å². The van der Waals surface area contributed by atoms with Crippen molar-refractivity contribution in [1.29, 1.82) is 0 Å². The van der Waals surface area contributed by atoms with E-state index < -0.39 is 5.97 Å². The molecule has 0 aromatic heterocycles. The lowest BCUT2D eigenvalue weighted by Crippen LogP contribution is -2.38. The molecule has 4 nitrogen and oxygen atoms in total. The van der Waals surface area contributed by atoms with E-state index in [9.17, 15) is 9.90 Å². The molecule has 4 heteroatoms. The number of carboxylic acids is 1. The molecule has 1 N–H and O–H groups in total. The first kappa shape index (κ1) is 24.1. The molecule has 1 aliphatic heterocycles. The van der Waals surface area contributed by atoms with Gasteiger partial charge in [0, 0.05) is 11.4 Å². The molecular weight excluding hydrogens is 410 g/mol. The summed E-state index contributed by atoms with van der Waals surface area (Å²) in [6, 6.07) is 13.5. The predicted molar refractivity (Wildman–Crippen MR) is 135 cm³/mol. The van der Waals surface area contributed by atoms with Gasteiger partial charge < -0.3 is 9.84 Å². The van der Waals surface area contributed by atoms with E-state index in [4.69, 9.17) is 4.74 Å². The summed E-state index contributed by atoms with van der Waals surface area (Å²) in [5.74, 6) is 0.967. The van der Waals surface area contributed by atoms with Gasteiger partial charge >= 0.3 is 5.97 Å². The van der Waals surface area contributed by atoms with E-state index in [1.54, 1.807) is 0 Å². The summed E-state index contributed by atoms with van der Waals surface area (Å²) in [6.07, 6.45) is 7.61. The van der Waals surface area contributed by atoms with Crippen LogP contribution in [0.1, 0.15) is 84.2 Å². The zero-order valence-electron chi connectivity index (χ0n) is 20.8. The zero-order valence-corrected chi connectivity index (χ0v) is 20.8. The summed E-state index contributed by atoms with van der Waals surface area (Å²) in [4.78, 5) is 13.8. The van der Waals surface area contributed by atoms with Crippen molar-refractivity contribution in [3.8, 4) is 5.75 Å². The second-order valence-electron chi connectivity index (χ2n) is 11.3. The molecule has 180 valence electrons. The smallest absolute Gasteiger partial charge is 0.306 e. The number of carbonyl (C=O) groups is 1. The van der Waals surface area contributed by atoms with Crippen molar-refractivity contribution >= 4 is 16.7 Å². The van der Waals surface area contributed by atoms with Crippen LogP contribution in [-0.4, -0.2) is 35.2 Å². The summed E-state index contributed by atoms with van der Waals surface area (Å²) in [7, 11) is 0. The average molecular weight is 452 g/mol. The number of rotatable bonds is 6. The highest BCUT2D eigenvalue weighted by molar-refractivity contribution is 5.89. The fourth-order valence-corrected chi connectivity index (χ4v) is 5.97. The maximum atomic E-state index is 11.3. The summed E-state index contributed by atoms with van der Waals surface area (Å²) in [5, 5.41) is 11.7. The molecule has 2 aromatic carbocycles. The molecule has 1 heterocycles. The average Bonchev–Trinajstić information content (AvgIpc) is 2.80. The molecule has 33 heavy (non-hydrogen) atoms. The molecule has 1 unspecified atom stereocenters. The van der Waals surface area contributed by atoms with Crippen molar-refractivity contribution in [3.05, 3.63) is 42.0 Å². The van der Waals surface area contributed by atoms with E-state index in [-0.39, 0.29) is 5.92 Å². The number of piperidine rings is 1. The Kier molecular flexibility index (Phi) is 7.33. The predicted octanol–water partition coefficient (Wildman–Crippen LogP) is 7.07. The molecule has 2 aromatic rings. The molecule has 2 aliphatic rings. The summed E-state index contributed by atoms with van der Waals surface area (Å²) in [6.45, 7) is 11.0. The Hall–Kier alpha value is -2.07. The molecule has 4 rings (SSSR count). The highest BCUT2D eigenvalue weighted by Gasteiger charge is 2.31. The van der Waals surface area contributed by atoms with E-state index in [2.05, 4.69) is 69.0 Å². The van der Waals surface area contributed by atoms with E-state index in [0.717, 1.165) is 56.9 Å². The van der Waals surface area contributed by atoms with Crippen LogP contribution < -0.4 is 4.74 Å². The van der Waals surface area contributed by atoms with Crippen LogP contribution in [-0.2, 0) is 4.79 Å². The Bertz CT molecular complexity index is 947. The van der Waals surface area contributed by atoms with Crippen molar-refractivity contribution in [1.82, 2.24) is 4.90 Å². The fraction of sp³-hybridized carbons (Fsp3) is 0.621. The quantitative estimate of drug-likeness (QED) is 0.510. The van der Waals surface area contributed by atoms with Gasteiger partial charge in [0.25, 0.3) is 0 Å². The van der Waals surface area contributed by atoms with Gasteiger partial charge in [0.2, 0.25) is 0 Å². The summed E-state index contributed by atoms with van der Waals surface area (Å²) < 4.78 is 6.54. The molecule has 0 bridgehead atoms. The van der Waals surface area contributed by atoms with Crippen molar-refractivity contribution < 1.29 is 14.6 Å². The molecule has 0 amide bonds. The Morgan fingerprint density at radius 3 is 2.36 bits per heavy atom. The highest BCUT2D eigenvalue weighted by atomic mass is 16.5. The van der Waals surface area contributed by atoms with E-state index in [1.165, 1.54) is 29.2 Å². The zero-order chi connectivity index (χ0) is 23.6. The number of carboxylic acid groups (broad SMARTS) is 1. The van der Waals surface area contributed by atoms with Crippen molar-refractivity contribution in [2.75, 3.05) is 13.1 Å². The number of fused-ring (bicyclic) bond motifs is 1. The third-order valence-electron chi connectivity index (χ3n) is 8.15. The molecular formula is C29H41NO3. The SMILES string of the molecule is CCC(c1ccc2c(OC3CCC(C(C)(C)C)CC3)cccc2c1)N1CCC(C(=O)O)CC1. The maximum Gasteiger partial charge on any atom is 0.306 e. The third kappa shape index (κ3) is 5.54. The molecule has 1 saturated carbocycles. The first-order valence-electron chi connectivity index (χ1n) is 12.9. The second-order valence-corrected chi connectivity index (χ2v) is 11.3. The number of ether oxygens (including phenoxy) is 1. The minimum absolute atomic E-state index is 0.187. The van der Waals surface area contributed by atoms with Crippen molar-refractivity contribution in [2.24, 2.45) is 17.3 Å². The summed E-state index contributed by atoms with van der Waals surface area (Å²) in [5.41, 5.74) is 1.71. The lowest BCUT2D eigenvalue weighted by atomic mass is 9.72. The number of hydrogen-bond donors (Lipinski definition) is 1. The monoisotopic (exact) mass is 451 g/mol. The van der Waals surface area contributed by atoms with Crippen LogP contribution in [0, 0.1) is 17.3 Å². The number of nitrogens with zero attached hydrogens (tertiary/aromatic N) is 1. The van der Waals surface area contributed by atoms with Crippen molar-refractivity contribution in [3.63, 3.8) is 0 Å². The van der Waals surface area contributed by atoms with Crippen LogP contribution in [0.25, 0.3) is 10.8 Å². The Balaban J connectivity index is 1.46. The molecule has 1 atom stereocenters. The van der Waals surface area contributed by atoms with Crippen LogP contribution in [0.5, 0.6) is 5.75 Å². The first-order chi connectivity index (χ1) is 15.8. The molecule has 0 radical (unpaired) electrons. The van der Waals surface area contributed by atoms with Gasteiger partial charge in [0.15, 0.2) is 0 Å². The van der Waals surface area contributed by atoms with Crippen LogP contribution >= 0.6 is 0 Å². The van der Waals surface area contributed by atoms with Crippen LogP contribution in [0.3, 0.4) is 0 Å². The summed E-state index contributed by atoms with van der Waals surface area (Å²) >= 11 is 0. The molecule has 0 spiro atoms. The molecule has 1 saturated heterocycles. The lowest BCUT2D eigenvalue weighted by molar-refractivity contribution is -0.143. The topological polar surface area (TPSA) is 49.8 Å². The van der Waals surface area contributed by atoms with Gasteiger partial charge in [-0.05, 0) is 92.5 Å². The first-order valence-corrected chi connectivity index (χ1v) is 12.9. The van der Waals surface area contributed by atoms with Crippen LogP contribution in [0.15, 0.2) is 36.4 Å².